The van der Waals surface area contributed by atoms with Gasteiger partial charge in [-0.05, 0) is 19.8 Å². The van der Waals surface area contributed by atoms with Crippen molar-refractivity contribution in [2.24, 2.45) is 5.41 Å². The zero-order valence-electron chi connectivity index (χ0n) is 9.06. The van der Waals surface area contributed by atoms with E-state index in [1.165, 1.54) is 0 Å². The molecule has 0 aromatic rings. The van der Waals surface area contributed by atoms with E-state index in [9.17, 15) is 4.79 Å². The Hall–Kier alpha value is -0.970. The molecule has 1 fully saturated rings. The molecule has 0 saturated heterocycles. The van der Waals surface area contributed by atoms with Crippen LogP contribution in [-0.4, -0.2) is 12.6 Å². The van der Waals surface area contributed by atoms with Crippen LogP contribution in [0.2, 0.25) is 0 Å². The topological polar surface area (TPSA) is 26.3 Å². The molecule has 0 aromatic carbocycles. The fourth-order valence-electron chi connectivity index (χ4n) is 1.89. The molecular formula is C12H18O2. The Labute approximate surface area is 86.0 Å². The minimum Gasteiger partial charge on any atom is -0.465 e. The van der Waals surface area contributed by atoms with Crippen LogP contribution in [0.15, 0.2) is 0 Å². The predicted octanol–water partition coefficient (Wildman–Crippen LogP) is 2.52. The van der Waals surface area contributed by atoms with Crippen molar-refractivity contribution >= 4 is 5.97 Å². The lowest BCUT2D eigenvalue weighted by molar-refractivity contribution is -0.151. The van der Waals surface area contributed by atoms with Gasteiger partial charge in [0.05, 0.1) is 6.61 Å². The Morgan fingerprint density at radius 1 is 1.36 bits per heavy atom. The van der Waals surface area contributed by atoms with Gasteiger partial charge in [-0.1, -0.05) is 25.7 Å². The number of carbonyl (C=O) groups excluding carboxylic acids is 1. The third-order valence-electron chi connectivity index (χ3n) is 2.63. The van der Waals surface area contributed by atoms with Crippen molar-refractivity contribution in [2.45, 2.75) is 46.0 Å². The molecule has 14 heavy (non-hydrogen) atoms. The molecule has 2 nitrogen and oxygen atoms in total. The van der Waals surface area contributed by atoms with E-state index in [1.54, 1.807) is 0 Å². The van der Waals surface area contributed by atoms with Crippen molar-refractivity contribution in [1.82, 2.24) is 0 Å². The molecule has 1 aliphatic rings. The van der Waals surface area contributed by atoms with E-state index >= 15 is 0 Å². The van der Waals surface area contributed by atoms with Crippen LogP contribution in [0.3, 0.4) is 0 Å². The van der Waals surface area contributed by atoms with E-state index < -0.39 is 5.41 Å². The molecule has 0 N–H and O–H groups in total. The van der Waals surface area contributed by atoms with Crippen LogP contribution in [0.25, 0.3) is 0 Å². The van der Waals surface area contributed by atoms with Crippen LogP contribution in [0.4, 0.5) is 0 Å². The summed E-state index contributed by atoms with van der Waals surface area (Å²) in [7, 11) is 0. The second kappa shape index (κ2) is 5.05. The van der Waals surface area contributed by atoms with Crippen LogP contribution in [0.5, 0.6) is 0 Å². The Bertz CT molecular complexity index is 251. The molecule has 0 spiro atoms. The molecule has 0 heterocycles. The van der Waals surface area contributed by atoms with Crippen molar-refractivity contribution in [3.05, 3.63) is 0 Å². The van der Waals surface area contributed by atoms with Gasteiger partial charge in [0.25, 0.3) is 0 Å². The first-order chi connectivity index (χ1) is 6.75. The van der Waals surface area contributed by atoms with Crippen LogP contribution in [0.1, 0.15) is 46.0 Å². The first-order valence-electron chi connectivity index (χ1n) is 5.42. The van der Waals surface area contributed by atoms with E-state index in [-0.39, 0.29) is 5.97 Å². The smallest absolute Gasteiger partial charge is 0.324 e. The Morgan fingerprint density at radius 3 is 2.50 bits per heavy atom. The fraction of sp³-hybridized carbons (Fsp3) is 0.750. The maximum Gasteiger partial charge on any atom is 0.324 e. The number of carbonyl (C=O) groups is 1. The molecule has 0 bridgehead atoms. The number of esters is 1. The average molecular weight is 194 g/mol. The highest BCUT2D eigenvalue weighted by molar-refractivity contribution is 5.81. The minimum absolute atomic E-state index is 0.113. The second-order valence-electron chi connectivity index (χ2n) is 3.67. The zero-order chi connectivity index (χ0) is 10.4. The van der Waals surface area contributed by atoms with Gasteiger partial charge in [0, 0.05) is 6.42 Å². The summed E-state index contributed by atoms with van der Waals surface area (Å²) in [6, 6.07) is 0. The van der Waals surface area contributed by atoms with Crippen molar-refractivity contribution in [3.8, 4) is 11.8 Å². The molecular weight excluding hydrogens is 176 g/mol. The van der Waals surface area contributed by atoms with Gasteiger partial charge >= 0.3 is 5.97 Å². The summed E-state index contributed by atoms with van der Waals surface area (Å²) in [6.45, 7) is 4.29. The van der Waals surface area contributed by atoms with Gasteiger partial charge in [-0.25, -0.2) is 0 Å². The highest BCUT2D eigenvalue weighted by Crippen LogP contribution is 2.38. The largest absolute Gasteiger partial charge is 0.465 e. The van der Waals surface area contributed by atoms with Gasteiger partial charge in [0.15, 0.2) is 0 Å². The molecule has 1 saturated carbocycles. The molecule has 0 aromatic heterocycles. The number of hydrogen-bond donors (Lipinski definition) is 0. The maximum absolute atomic E-state index is 11.7. The van der Waals surface area contributed by atoms with Gasteiger partial charge < -0.3 is 4.74 Å². The molecule has 0 atom stereocenters. The fourth-order valence-corrected chi connectivity index (χ4v) is 1.89. The molecule has 0 unspecified atom stereocenters. The van der Waals surface area contributed by atoms with Gasteiger partial charge in [-0.15, -0.1) is 5.92 Å². The quantitative estimate of drug-likeness (QED) is 0.498. The molecule has 0 aliphatic heterocycles. The third-order valence-corrected chi connectivity index (χ3v) is 2.63. The van der Waals surface area contributed by atoms with Crippen molar-refractivity contribution in [1.29, 1.82) is 0 Å². The van der Waals surface area contributed by atoms with E-state index in [4.69, 9.17) is 4.74 Å². The van der Waals surface area contributed by atoms with Gasteiger partial charge in [-0.3, -0.25) is 4.79 Å². The summed E-state index contributed by atoms with van der Waals surface area (Å²) in [4.78, 5) is 11.7. The monoisotopic (exact) mass is 194 g/mol. The highest BCUT2D eigenvalue weighted by Gasteiger charge is 2.40. The summed E-state index contributed by atoms with van der Waals surface area (Å²) >= 11 is 0. The molecule has 78 valence electrons. The molecule has 1 rings (SSSR count). The van der Waals surface area contributed by atoms with Gasteiger partial charge in [0.2, 0.25) is 0 Å². The van der Waals surface area contributed by atoms with E-state index in [1.807, 2.05) is 13.8 Å². The van der Waals surface area contributed by atoms with Crippen molar-refractivity contribution < 1.29 is 9.53 Å². The SMILES string of the molecule is CCC#CC1(C(=O)OCC)CCCC1. The third kappa shape index (κ3) is 2.29. The lowest BCUT2D eigenvalue weighted by Gasteiger charge is -2.19. The van der Waals surface area contributed by atoms with Gasteiger partial charge in [-0.2, -0.15) is 0 Å². The normalized spacial score (nSPS) is 18.4. The lowest BCUT2D eigenvalue weighted by atomic mass is 9.87. The first-order valence-corrected chi connectivity index (χ1v) is 5.42. The first kappa shape index (κ1) is 11.1. The van der Waals surface area contributed by atoms with E-state index in [2.05, 4.69) is 11.8 Å². The summed E-state index contributed by atoms with van der Waals surface area (Å²) in [5, 5.41) is 0. The second-order valence-corrected chi connectivity index (χ2v) is 3.67. The summed E-state index contributed by atoms with van der Waals surface area (Å²) in [5.74, 6) is 6.01. The lowest BCUT2D eigenvalue weighted by Crippen LogP contribution is -2.28. The van der Waals surface area contributed by atoms with Crippen LogP contribution in [-0.2, 0) is 9.53 Å². The summed E-state index contributed by atoms with van der Waals surface area (Å²) in [5.41, 5.74) is -0.466. The minimum atomic E-state index is -0.466. The van der Waals surface area contributed by atoms with Crippen LogP contribution in [0, 0.1) is 17.3 Å². The van der Waals surface area contributed by atoms with Crippen LogP contribution >= 0.6 is 0 Å². The molecule has 2 heteroatoms. The Morgan fingerprint density at radius 2 is 2.00 bits per heavy atom. The van der Waals surface area contributed by atoms with Gasteiger partial charge in [0.1, 0.15) is 5.41 Å². The number of hydrogen-bond acceptors (Lipinski definition) is 2. The van der Waals surface area contributed by atoms with E-state index in [0.717, 1.165) is 32.1 Å². The van der Waals surface area contributed by atoms with Crippen molar-refractivity contribution in [2.75, 3.05) is 6.61 Å². The number of rotatable bonds is 2. The highest BCUT2D eigenvalue weighted by atomic mass is 16.5. The zero-order valence-corrected chi connectivity index (χ0v) is 9.06. The van der Waals surface area contributed by atoms with Crippen molar-refractivity contribution in [3.63, 3.8) is 0 Å². The molecule has 0 amide bonds. The van der Waals surface area contributed by atoms with Crippen LogP contribution < -0.4 is 0 Å². The van der Waals surface area contributed by atoms with E-state index in [0.29, 0.717) is 6.61 Å². The predicted molar refractivity (Wildman–Crippen MR) is 55.6 cm³/mol. The standard InChI is InChI=1S/C12H18O2/c1-3-5-8-12(9-6-7-10-12)11(13)14-4-2/h3-4,6-7,9-10H2,1-2H3. The molecule has 0 radical (unpaired) electrons. The number of ether oxygens (including phenoxy) is 1. The summed E-state index contributed by atoms with van der Waals surface area (Å²) in [6.07, 6.45) is 4.74. The Balaban J connectivity index is 2.75. The Kier molecular flexibility index (Phi) is 4.00. The molecule has 1 aliphatic carbocycles. The summed E-state index contributed by atoms with van der Waals surface area (Å²) < 4.78 is 5.08. The maximum atomic E-state index is 11.7. The average Bonchev–Trinajstić information content (AvgIpc) is 2.65.